The van der Waals surface area contributed by atoms with Gasteiger partial charge in [0.15, 0.2) is 0 Å². The Morgan fingerprint density at radius 2 is 2.12 bits per heavy atom. The number of alkyl halides is 3. The van der Waals surface area contributed by atoms with Gasteiger partial charge >= 0.3 is 12.1 Å². The van der Waals surface area contributed by atoms with E-state index in [9.17, 15) is 22.8 Å². The summed E-state index contributed by atoms with van der Waals surface area (Å²) in [6.45, 7) is 2.74. The summed E-state index contributed by atoms with van der Waals surface area (Å²) in [6, 6.07) is 3.44. The lowest BCUT2D eigenvalue weighted by Gasteiger charge is -2.30. The number of likely N-dealkylation sites (tertiary alicyclic amines) is 1. The number of benzene rings is 1. The molecule has 1 aliphatic heterocycles. The molecule has 0 spiro atoms. The molecule has 0 N–H and O–H groups in total. The van der Waals surface area contributed by atoms with Gasteiger partial charge in [-0.25, -0.2) is 0 Å². The van der Waals surface area contributed by atoms with E-state index in [1.165, 1.54) is 23.1 Å². The zero-order valence-electron chi connectivity index (χ0n) is 14.2. The van der Waals surface area contributed by atoms with Crippen molar-refractivity contribution in [1.82, 2.24) is 4.90 Å². The van der Waals surface area contributed by atoms with Gasteiger partial charge in [-0.2, -0.15) is 13.2 Å². The Morgan fingerprint density at radius 1 is 1.38 bits per heavy atom. The zero-order chi connectivity index (χ0) is 19.3. The van der Waals surface area contributed by atoms with Crippen LogP contribution in [0.1, 0.15) is 30.9 Å². The van der Waals surface area contributed by atoms with Crippen molar-refractivity contribution in [3.05, 3.63) is 40.4 Å². The zero-order valence-corrected chi connectivity index (χ0v) is 14.9. The fourth-order valence-electron chi connectivity index (χ4n) is 2.77. The van der Waals surface area contributed by atoms with E-state index in [1.807, 2.05) is 0 Å². The Hall–Kier alpha value is -2.02. The number of esters is 1. The second-order valence-electron chi connectivity index (χ2n) is 5.95. The number of piperidine rings is 1. The van der Waals surface area contributed by atoms with Crippen LogP contribution >= 0.6 is 11.6 Å². The van der Waals surface area contributed by atoms with Gasteiger partial charge in [0.05, 0.1) is 23.1 Å². The number of hydrogen-bond acceptors (Lipinski definition) is 3. The summed E-state index contributed by atoms with van der Waals surface area (Å²) in [5.74, 6) is -1.06. The minimum absolute atomic E-state index is 0.217. The summed E-state index contributed by atoms with van der Waals surface area (Å²) in [5, 5.41) is -0.394. The molecular weight excluding hydrogens is 371 g/mol. The SMILES string of the molecule is CCOC(=O)C1CCCN(C(=O)C=Cc2ccc(Cl)c(C(F)(F)F)c2)C1. The number of hydrogen-bond donors (Lipinski definition) is 0. The average molecular weight is 390 g/mol. The molecule has 0 bridgehead atoms. The van der Waals surface area contributed by atoms with E-state index < -0.39 is 16.8 Å². The lowest BCUT2D eigenvalue weighted by atomic mass is 9.98. The van der Waals surface area contributed by atoms with Crippen LogP contribution in [-0.4, -0.2) is 36.5 Å². The van der Waals surface area contributed by atoms with Crippen molar-refractivity contribution < 1.29 is 27.5 Å². The number of nitrogens with zero attached hydrogens (tertiary/aromatic N) is 1. The summed E-state index contributed by atoms with van der Waals surface area (Å²) in [5.41, 5.74) is -0.733. The Bertz CT molecular complexity index is 703. The van der Waals surface area contributed by atoms with Crippen LogP contribution in [-0.2, 0) is 20.5 Å². The third-order valence-corrected chi connectivity index (χ3v) is 4.40. The molecule has 1 heterocycles. The fourth-order valence-corrected chi connectivity index (χ4v) is 2.99. The van der Waals surface area contributed by atoms with Crippen molar-refractivity contribution in [2.24, 2.45) is 5.92 Å². The van der Waals surface area contributed by atoms with Crippen molar-refractivity contribution in [2.75, 3.05) is 19.7 Å². The quantitative estimate of drug-likeness (QED) is 0.573. The van der Waals surface area contributed by atoms with Crippen molar-refractivity contribution in [1.29, 1.82) is 0 Å². The molecule has 8 heteroatoms. The van der Waals surface area contributed by atoms with Gasteiger partial charge in [-0.3, -0.25) is 9.59 Å². The van der Waals surface area contributed by atoms with Crippen LogP contribution < -0.4 is 0 Å². The molecule has 1 amide bonds. The number of carbonyl (C=O) groups excluding carboxylic acids is 2. The highest BCUT2D eigenvalue weighted by molar-refractivity contribution is 6.31. The van der Waals surface area contributed by atoms with Crippen LogP contribution in [0.5, 0.6) is 0 Å². The van der Waals surface area contributed by atoms with E-state index in [0.717, 1.165) is 12.1 Å². The van der Waals surface area contributed by atoms with Crippen molar-refractivity contribution >= 4 is 29.6 Å². The average Bonchev–Trinajstić information content (AvgIpc) is 2.60. The highest BCUT2D eigenvalue weighted by atomic mass is 35.5. The van der Waals surface area contributed by atoms with Gasteiger partial charge in [-0.15, -0.1) is 0 Å². The highest BCUT2D eigenvalue weighted by Crippen LogP contribution is 2.35. The Morgan fingerprint density at radius 3 is 2.77 bits per heavy atom. The van der Waals surface area contributed by atoms with Gasteiger partial charge in [0.1, 0.15) is 0 Å². The van der Waals surface area contributed by atoms with Crippen LogP contribution in [0.25, 0.3) is 6.08 Å². The minimum Gasteiger partial charge on any atom is -0.466 e. The van der Waals surface area contributed by atoms with E-state index in [1.54, 1.807) is 6.92 Å². The third-order valence-electron chi connectivity index (χ3n) is 4.07. The largest absolute Gasteiger partial charge is 0.466 e. The van der Waals surface area contributed by atoms with Crippen LogP contribution in [0.15, 0.2) is 24.3 Å². The molecular formula is C18H19ClF3NO3. The van der Waals surface area contributed by atoms with Gasteiger partial charge in [-0.1, -0.05) is 17.7 Å². The van der Waals surface area contributed by atoms with Crippen LogP contribution in [0.4, 0.5) is 13.2 Å². The predicted octanol–water partition coefficient (Wildman–Crippen LogP) is 4.17. The Kier molecular flexibility index (Phi) is 6.69. The monoisotopic (exact) mass is 389 g/mol. The van der Waals surface area contributed by atoms with Crippen molar-refractivity contribution in [2.45, 2.75) is 25.9 Å². The van der Waals surface area contributed by atoms with E-state index in [4.69, 9.17) is 16.3 Å². The van der Waals surface area contributed by atoms with E-state index in [0.29, 0.717) is 19.4 Å². The summed E-state index contributed by atoms with van der Waals surface area (Å²) >= 11 is 5.57. The molecule has 142 valence electrons. The first-order valence-corrected chi connectivity index (χ1v) is 8.60. The lowest BCUT2D eigenvalue weighted by molar-refractivity contribution is -0.150. The maximum Gasteiger partial charge on any atom is 0.417 e. The molecule has 1 aromatic carbocycles. The van der Waals surface area contributed by atoms with Crippen LogP contribution in [0, 0.1) is 5.92 Å². The number of ether oxygens (including phenoxy) is 1. The number of carbonyl (C=O) groups is 2. The Labute approximate surface area is 154 Å². The molecule has 0 saturated carbocycles. The molecule has 0 radical (unpaired) electrons. The lowest BCUT2D eigenvalue weighted by Crippen LogP contribution is -2.42. The fraction of sp³-hybridized carbons (Fsp3) is 0.444. The van der Waals surface area contributed by atoms with E-state index in [2.05, 4.69) is 0 Å². The first-order chi connectivity index (χ1) is 12.2. The maximum absolute atomic E-state index is 12.9. The predicted molar refractivity (Wildman–Crippen MR) is 91.4 cm³/mol. The van der Waals surface area contributed by atoms with Crippen LogP contribution in [0.2, 0.25) is 5.02 Å². The molecule has 1 aliphatic rings. The molecule has 4 nitrogen and oxygen atoms in total. The second kappa shape index (κ2) is 8.58. The number of rotatable bonds is 4. The first kappa shape index (κ1) is 20.3. The number of halogens is 4. The minimum atomic E-state index is -4.56. The summed E-state index contributed by atoms with van der Waals surface area (Å²) < 4.78 is 43.6. The third kappa shape index (κ3) is 5.24. The summed E-state index contributed by atoms with van der Waals surface area (Å²) in [7, 11) is 0. The standard InChI is InChI=1S/C18H19ClF3NO3/c1-2-26-17(25)13-4-3-9-23(11-13)16(24)8-6-12-5-7-15(19)14(10-12)18(20,21)22/h5-8,10,13H,2-4,9,11H2,1H3. The van der Waals surface area contributed by atoms with E-state index >= 15 is 0 Å². The van der Waals surface area contributed by atoms with Crippen LogP contribution in [0.3, 0.4) is 0 Å². The molecule has 1 saturated heterocycles. The molecule has 0 aliphatic carbocycles. The van der Waals surface area contributed by atoms with E-state index in [-0.39, 0.29) is 36.5 Å². The number of amides is 1. The topological polar surface area (TPSA) is 46.6 Å². The Balaban J connectivity index is 2.06. The normalized spacial score (nSPS) is 18.2. The molecule has 0 aromatic heterocycles. The summed E-state index contributed by atoms with van der Waals surface area (Å²) in [6.07, 6.45) is -0.732. The second-order valence-corrected chi connectivity index (χ2v) is 6.35. The molecule has 1 unspecified atom stereocenters. The molecule has 2 rings (SSSR count). The molecule has 1 fully saturated rings. The van der Waals surface area contributed by atoms with Gasteiger partial charge in [-0.05, 0) is 43.5 Å². The van der Waals surface area contributed by atoms with Gasteiger partial charge in [0.25, 0.3) is 0 Å². The molecule has 26 heavy (non-hydrogen) atoms. The van der Waals surface area contributed by atoms with Crippen molar-refractivity contribution in [3.8, 4) is 0 Å². The summed E-state index contributed by atoms with van der Waals surface area (Å²) in [4.78, 5) is 25.6. The van der Waals surface area contributed by atoms with Gasteiger partial charge < -0.3 is 9.64 Å². The highest BCUT2D eigenvalue weighted by Gasteiger charge is 2.33. The van der Waals surface area contributed by atoms with Gasteiger partial charge in [0.2, 0.25) is 5.91 Å². The molecule has 1 atom stereocenters. The smallest absolute Gasteiger partial charge is 0.417 e. The maximum atomic E-state index is 12.9. The first-order valence-electron chi connectivity index (χ1n) is 8.22. The van der Waals surface area contributed by atoms with Gasteiger partial charge in [0, 0.05) is 19.2 Å². The molecule has 1 aromatic rings. The van der Waals surface area contributed by atoms with Crippen molar-refractivity contribution in [3.63, 3.8) is 0 Å².